The molecule has 1 rings (SSSR count). The molecule has 0 saturated carbocycles. The van der Waals surface area contributed by atoms with Gasteiger partial charge in [-0.05, 0) is 27.7 Å². The minimum atomic E-state index is -0.412. The molecule has 0 saturated heterocycles. The number of aliphatic hydroxyl groups is 1. The van der Waals surface area contributed by atoms with Crippen molar-refractivity contribution in [2.75, 3.05) is 24.7 Å². The maximum Gasteiger partial charge on any atom is 0.341 e. The highest BCUT2D eigenvalue weighted by atomic mass is 16.5. The third-order valence-electron chi connectivity index (χ3n) is 2.68. The van der Waals surface area contributed by atoms with E-state index in [-0.39, 0.29) is 12.6 Å². The third-order valence-corrected chi connectivity index (χ3v) is 2.68. The summed E-state index contributed by atoms with van der Waals surface area (Å²) in [4.78, 5) is 22.0. The molecule has 6 nitrogen and oxygen atoms in total. The number of nitrogens with zero attached hydrogens (tertiary/aromatic N) is 3. The third kappa shape index (κ3) is 3.89. The first-order valence-electron chi connectivity index (χ1n) is 6.39. The van der Waals surface area contributed by atoms with Crippen LogP contribution in [0.5, 0.6) is 0 Å². The van der Waals surface area contributed by atoms with Crippen molar-refractivity contribution in [3.05, 3.63) is 17.5 Å². The van der Waals surface area contributed by atoms with Gasteiger partial charge in [-0.15, -0.1) is 0 Å². The van der Waals surface area contributed by atoms with E-state index < -0.39 is 5.97 Å². The van der Waals surface area contributed by atoms with Gasteiger partial charge in [0.25, 0.3) is 0 Å². The molecule has 0 fully saturated rings. The van der Waals surface area contributed by atoms with Crippen LogP contribution in [0, 0.1) is 6.92 Å². The zero-order chi connectivity index (χ0) is 14.4. The monoisotopic (exact) mass is 267 g/mol. The number of aromatic nitrogens is 2. The summed E-state index contributed by atoms with van der Waals surface area (Å²) in [6.45, 7) is 8.29. The second-order valence-corrected chi connectivity index (χ2v) is 4.40. The SMILES string of the molecule is CCOC(=O)c1cnc(N(CCO)C(C)C)nc1C. The van der Waals surface area contributed by atoms with Crippen LogP contribution in [0.2, 0.25) is 0 Å². The van der Waals surface area contributed by atoms with Gasteiger partial charge in [-0.25, -0.2) is 14.8 Å². The van der Waals surface area contributed by atoms with Crippen LogP contribution in [0.3, 0.4) is 0 Å². The molecule has 1 N–H and O–H groups in total. The normalized spacial score (nSPS) is 10.6. The van der Waals surface area contributed by atoms with Crippen LogP contribution in [0.15, 0.2) is 6.20 Å². The van der Waals surface area contributed by atoms with Crippen LogP contribution in [0.25, 0.3) is 0 Å². The van der Waals surface area contributed by atoms with Gasteiger partial charge in [-0.1, -0.05) is 0 Å². The summed E-state index contributed by atoms with van der Waals surface area (Å²) in [7, 11) is 0. The number of aryl methyl sites for hydroxylation is 1. The van der Waals surface area contributed by atoms with Gasteiger partial charge < -0.3 is 14.7 Å². The van der Waals surface area contributed by atoms with Crippen LogP contribution in [0.1, 0.15) is 36.8 Å². The van der Waals surface area contributed by atoms with Crippen molar-refractivity contribution in [2.45, 2.75) is 33.7 Å². The molecule has 1 aromatic heterocycles. The molecule has 0 bridgehead atoms. The Kier molecular flexibility index (Phi) is 5.69. The molecule has 106 valence electrons. The van der Waals surface area contributed by atoms with E-state index in [1.165, 1.54) is 6.20 Å². The molecule has 0 amide bonds. The van der Waals surface area contributed by atoms with Crippen molar-refractivity contribution >= 4 is 11.9 Å². The fourth-order valence-corrected chi connectivity index (χ4v) is 1.70. The van der Waals surface area contributed by atoms with Gasteiger partial charge in [0.05, 0.1) is 24.5 Å². The quantitative estimate of drug-likeness (QED) is 0.780. The van der Waals surface area contributed by atoms with E-state index in [1.54, 1.807) is 13.8 Å². The standard InChI is InChI=1S/C13H21N3O3/c1-5-19-12(18)11-8-14-13(15-10(11)4)16(6-7-17)9(2)3/h8-9,17H,5-7H2,1-4H3. The number of carbonyl (C=O) groups excluding carboxylic acids is 1. The lowest BCUT2D eigenvalue weighted by atomic mass is 10.2. The fraction of sp³-hybridized carbons (Fsp3) is 0.615. The second kappa shape index (κ2) is 7.04. The molecule has 0 aliphatic heterocycles. The number of carbonyl (C=O) groups is 1. The molecular formula is C13H21N3O3. The molecule has 0 spiro atoms. The number of ether oxygens (including phenoxy) is 1. The Hall–Kier alpha value is -1.69. The van der Waals surface area contributed by atoms with E-state index in [2.05, 4.69) is 9.97 Å². The number of esters is 1. The summed E-state index contributed by atoms with van der Waals surface area (Å²) in [6.07, 6.45) is 1.47. The summed E-state index contributed by atoms with van der Waals surface area (Å²) >= 11 is 0. The molecule has 0 aliphatic rings. The summed E-state index contributed by atoms with van der Waals surface area (Å²) in [5.74, 6) is 0.0967. The summed E-state index contributed by atoms with van der Waals surface area (Å²) in [5.41, 5.74) is 0.949. The van der Waals surface area contributed by atoms with Crippen molar-refractivity contribution in [2.24, 2.45) is 0 Å². The van der Waals surface area contributed by atoms with E-state index in [1.807, 2.05) is 18.7 Å². The topological polar surface area (TPSA) is 75.5 Å². The number of hydrogen-bond acceptors (Lipinski definition) is 6. The second-order valence-electron chi connectivity index (χ2n) is 4.40. The lowest BCUT2D eigenvalue weighted by Gasteiger charge is -2.26. The first kappa shape index (κ1) is 15.4. The highest BCUT2D eigenvalue weighted by molar-refractivity contribution is 5.90. The van der Waals surface area contributed by atoms with Crippen molar-refractivity contribution in [3.8, 4) is 0 Å². The predicted octanol–water partition coefficient (Wildman–Crippen LogP) is 1.17. The van der Waals surface area contributed by atoms with E-state index in [0.717, 1.165) is 0 Å². The minimum absolute atomic E-state index is 0.0280. The molecule has 1 aromatic rings. The zero-order valence-electron chi connectivity index (χ0n) is 11.9. The Bertz CT molecular complexity index is 435. The molecular weight excluding hydrogens is 246 g/mol. The van der Waals surface area contributed by atoms with E-state index in [4.69, 9.17) is 9.84 Å². The molecule has 0 unspecified atom stereocenters. The Morgan fingerprint density at radius 2 is 2.21 bits per heavy atom. The van der Waals surface area contributed by atoms with Gasteiger partial charge >= 0.3 is 5.97 Å². The average Bonchev–Trinajstić information content (AvgIpc) is 2.35. The van der Waals surface area contributed by atoms with Gasteiger partial charge in [0.1, 0.15) is 0 Å². The Labute approximate surface area is 113 Å². The number of hydrogen-bond donors (Lipinski definition) is 1. The Morgan fingerprint density at radius 3 is 2.68 bits per heavy atom. The van der Waals surface area contributed by atoms with Crippen molar-refractivity contribution < 1.29 is 14.6 Å². The van der Waals surface area contributed by atoms with Gasteiger partial charge in [-0.2, -0.15) is 0 Å². The van der Waals surface area contributed by atoms with Gasteiger partial charge in [0.2, 0.25) is 5.95 Å². The molecule has 6 heteroatoms. The maximum atomic E-state index is 11.7. The molecule has 0 atom stereocenters. The lowest BCUT2D eigenvalue weighted by Crippen LogP contribution is -2.35. The van der Waals surface area contributed by atoms with Crippen molar-refractivity contribution in [1.82, 2.24) is 9.97 Å². The summed E-state index contributed by atoms with van der Waals surface area (Å²) in [6, 6.07) is 0.167. The summed E-state index contributed by atoms with van der Waals surface area (Å²) in [5, 5.41) is 9.06. The van der Waals surface area contributed by atoms with E-state index in [0.29, 0.717) is 30.4 Å². The van der Waals surface area contributed by atoms with Crippen molar-refractivity contribution in [1.29, 1.82) is 0 Å². The maximum absolute atomic E-state index is 11.7. The zero-order valence-corrected chi connectivity index (χ0v) is 11.9. The Balaban J connectivity index is 3.00. The van der Waals surface area contributed by atoms with Crippen LogP contribution in [0.4, 0.5) is 5.95 Å². The average molecular weight is 267 g/mol. The van der Waals surface area contributed by atoms with Gasteiger partial charge in [-0.3, -0.25) is 0 Å². The predicted molar refractivity (Wildman–Crippen MR) is 72.3 cm³/mol. The van der Waals surface area contributed by atoms with Gasteiger partial charge in [0.15, 0.2) is 0 Å². The minimum Gasteiger partial charge on any atom is -0.462 e. The largest absolute Gasteiger partial charge is 0.462 e. The number of anilines is 1. The highest BCUT2D eigenvalue weighted by Crippen LogP contribution is 2.14. The van der Waals surface area contributed by atoms with E-state index >= 15 is 0 Å². The molecule has 0 aromatic carbocycles. The molecule has 0 aliphatic carbocycles. The Morgan fingerprint density at radius 1 is 1.53 bits per heavy atom. The smallest absolute Gasteiger partial charge is 0.341 e. The molecule has 19 heavy (non-hydrogen) atoms. The van der Waals surface area contributed by atoms with Crippen LogP contribution in [-0.4, -0.2) is 46.8 Å². The molecule has 0 radical (unpaired) electrons. The van der Waals surface area contributed by atoms with E-state index in [9.17, 15) is 4.79 Å². The summed E-state index contributed by atoms with van der Waals surface area (Å²) < 4.78 is 4.93. The number of aliphatic hydroxyl groups excluding tert-OH is 1. The van der Waals surface area contributed by atoms with Crippen molar-refractivity contribution in [3.63, 3.8) is 0 Å². The first-order chi connectivity index (χ1) is 9.01. The fourth-order valence-electron chi connectivity index (χ4n) is 1.70. The van der Waals surface area contributed by atoms with Crippen LogP contribution < -0.4 is 4.90 Å². The molecule has 1 heterocycles. The first-order valence-corrected chi connectivity index (χ1v) is 6.39. The van der Waals surface area contributed by atoms with Gasteiger partial charge in [0, 0.05) is 18.8 Å². The van der Waals surface area contributed by atoms with Crippen LogP contribution >= 0.6 is 0 Å². The number of rotatable bonds is 6. The van der Waals surface area contributed by atoms with Crippen LogP contribution in [-0.2, 0) is 4.74 Å². The highest BCUT2D eigenvalue weighted by Gasteiger charge is 2.17. The lowest BCUT2D eigenvalue weighted by molar-refractivity contribution is 0.0524.